The van der Waals surface area contributed by atoms with Crippen LogP contribution in [0.3, 0.4) is 0 Å². The normalized spacial score (nSPS) is 15.7. The quantitative estimate of drug-likeness (QED) is 0.0990. The lowest BCUT2D eigenvalue weighted by molar-refractivity contribution is 0.896. The summed E-state index contributed by atoms with van der Waals surface area (Å²) in [5, 5.41) is 8.21. The lowest BCUT2D eigenvalue weighted by Gasteiger charge is -2.24. The third kappa shape index (κ3) is 5.71. The first-order valence-electron chi connectivity index (χ1n) is 17.9. The van der Waals surface area contributed by atoms with Gasteiger partial charge in [-0.05, 0) is 84.9 Å². The topological polar surface area (TPSA) is 38.7 Å². The lowest BCUT2D eigenvalue weighted by Crippen LogP contribution is -2.12. The molecule has 0 bridgehead atoms. The lowest BCUT2D eigenvalue weighted by atomic mass is 9.86. The van der Waals surface area contributed by atoms with Crippen molar-refractivity contribution in [3.8, 4) is 33.8 Å². The van der Waals surface area contributed by atoms with Gasteiger partial charge in [-0.2, -0.15) is 0 Å². The van der Waals surface area contributed by atoms with E-state index in [0.29, 0.717) is 5.82 Å². The van der Waals surface area contributed by atoms with Gasteiger partial charge >= 0.3 is 0 Å². The van der Waals surface area contributed by atoms with Gasteiger partial charge in [-0.15, -0.1) is 0 Å². The summed E-state index contributed by atoms with van der Waals surface area (Å²) < 4.78 is 0.223. The zero-order valence-corrected chi connectivity index (χ0v) is 30.9. The monoisotopic (exact) mass is 789 g/mol. The molecule has 0 radical (unpaired) electrons. The van der Waals surface area contributed by atoms with Crippen molar-refractivity contribution in [2.75, 3.05) is 0 Å². The van der Waals surface area contributed by atoms with Gasteiger partial charge in [0.15, 0.2) is 5.82 Å². The zero-order valence-electron chi connectivity index (χ0n) is 28.7. The molecule has 2 atom stereocenters. The Morgan fingerprint density at radius 3 is 1.91 bits per heavy atom. The Hall–Kier alpha value is -5.98. The molecule has 53 heavy (non-hydrogen) atoms. The molecule has 250 valence electrons. The van der Waals surface area contributed by atoms with E-state index in [4.69, 9.17) is 9.97 Å². The van der Waals surface area contributed by atoms with Crippen LogP contribution < -0.4 is 0 Å². The fraction of sp³-hybridized carbons (Fsp3) is 0.0408. The van der Waals surface area contributed by atoms with Gasteiger partial charge in [-0.3, -0.25) is 4.98 Å². The summed E-state index contributed by atoms with van der Waals surface area (Å²) in [4.78, 5) is 15.5. The maximum Gasteiger partial charge on any atom is 0.160 e. The highest BCUT2D eigenvalue weighted by Crippen LogP contribution is 2.42. The second-order valence-electron chi connectivity index (χ2n) is 13.6. The molecule has 4 heteroatoms. The van der Waals surface area contributed by atoms with Crippen LogP contribution >= 0.6 is 22.6 Å². The van der Waals surface area contributed by atoms with Gasteiger partial charge in [-0.1, -0.05) is 168 Å². The number of fused-ring (bicyclic) bond motifs is 5. The van der Waals surface area contributed by atoms with Gasteiger partial charge in [0, 0.05) is 32.6 Å². The predicted molar refractivity (Wildman–Crippen MR) is 230 cm³/mol. The van der Waals surface area contributed by atoms with Crippen LogP contribution in [0.25, 0.3) is 82.6 Å². The Bertz CT molecular complexity index is 2920. The first-order valence-corrected chi connectivity index (χ1v) is 19.2. The molecule has 0 amide bonds. The smallest absolute Gasteiger partial charge is 0.160 e. The molecule has 2 heterocycles. The van der Waals surface area contributed by atoms with Crippen molar-refractivity contribution >= 4 is 71.4 Å². The Balaban J connectivity index is 1.22. The molecule has 0 saturated heterocycles. The number of alkyl halides is 1. The summed E-state index contributed by atoms with van der Waals surface area (Å²) in [7, 11) is 0. The number of aromatic nitrogens is 3. The molecule has 9 aromatic rings. The van der Waals surface area contributed by atoms with Gasteiger partial charge in [0.2, 0.25) is 0 Å². The number of rotatable bonds is 5. The molecule has 0 spiro atoms. The SMILES string of the molecule is IC1C=C(c2ccccn2)C=CC1c1cc(-c2nc(-c3cccc4ccccc34)c3c(ccc4ccccc43)n2)cc(-c2cccc3ccccc23)c1. The Kier molecular flexibility index (Phi) is 7.91. The molecule has 0 aliphatic heterocycles. The van der Waals surface area contributed by atoms with E-state index >= 15 is 0 Å². The number of pyridine rings is 1. The van der Waals surface area contributed by atoms with E-state index in [1.165, 1.54) is 38.1 Å². The first kappa shape index (κ1) is 31.7. The molecule has 0 N–H and O–H groups in total. The van der Waals surface area contributed by atoms with Crippen molar-refractivity contribution < 1.29 is 0 Å². The molecular formula is C49H32IN3. The Labute approximate surface area is 321 Å². The van der Waals surface area contributed by atoms with Crippen LogP contribution in [-0.4, -0.2) is 18.9 Å². The number of allylic oxidation sites excluding steroid dienone is 4. The maximum atomic E-state index is 5.54. The van der Waals surface area contributed by atoms with Gasteiger partial charge in [-0.25, -0.2) is 9.97 Å². The minimum atomic E-state index is 0.152. The van der Waals surface area contributed by atoms with Crippen molar-refractivity contribution in [3.63, 3.8) is 0 Å². The summed E-state index contributed by atoms with van der Waals surface area (Å²) in [6.45, 7) is 0. The van der Waals surface area contributed by atoms with Crippen molar-refractivity contribution in [1.82, 2.24) is 15.0 Å². The first-order chi connectivity index (χ1) is 26.2. The molecular weight excluding hydrogens is 757 g/mol. The molecule has 2 unspecified atom stereocenters. The molecule has 7 aromatic carbocycles. The van der Waals surface area contributed by atoms with Crippen molar-refractivity contribution in [2.24, 2.45) is 0 Å². The summed E-state index contributed by atoms with van der Waals surface area (Å²) >= 11 is 2.59. The van der Waals surface area contributed by atoms with Crippen LogP contribution in [0.4, 0.5) is 0 Å². The van der Waals surface area contributed by atoms with E-state index in [9.17, 15) is 0 Å². The average molecular weight is 790 g/mol. The highest BCUT2D eigenvalue weighted by Gasteiger charge is 2.24. The highest BCUT2D eigenvalue weighted by molar-refractivity contribution is 14.1. The number of hydrogen-bond acceptors (Lipinski definition) is 3. The summed E-state index contributed by atoms with van der Waals surface area (Å²) in [6.07, 6.45) is 8.76. The summed E-state index contributed by atoms with van der Waals surface area (Å²) in [5.74, 6) is 0.868. The molecule has 3 nitrogen and oxygen atoms in total. The third-order valence-corrected chi connectivity index (χ3v) is 11.6. The molecule has 0 fully saturated rings. The van der Waals surface area contributed by atoms with E-state index in [1.807, 2.05) is 18.3 Å². The highest BCUT2D eigenvalue weighted by atomic mass is 127. The minimum Gasteiger partial charge on any atom is -0.256 e. The number of benzene rings is 7. The van der Waals surface area contributed by atoms with E-state index in [2.05, 4.69) is 191 Å². The fourth-order valence-corrected chi connectivity index (χ4v) is 8.95. The molecule has 0 saturated carbocycles. The van der Waals surface area contributed by atoms with Crippen molar-refractivity contribution in [1.29, 1.82) is 0 Å². The Morgan fingerprint density at radius 1 is 0.528 bits per heavy atom. The average Bonchev–Trinajstić information content (AvgIpc) is 3.23. The molecule has 1 aliphatic rings. The van der Waals surface area contributed by atoms with E-state index in [0.717, 1.165) is 49.9 Å². The second-order valence-corrected chi connectivity index (χ2v) is 15.1. The largest absolute Gasteiger partial charge is 0.256 e. The van der Waals surface area contributed by atoms with Crippen LogP contribution in [0.15, 0.2) is 182 Å². The van der Waals surface area contributed by atoms with Crippen LogP contribution in [0.1, 0.15) is 17.2 Å². The second kappa shape index (κ2) is 13.2. The Morgan fingerprint density at radius 2 is 1.17 bits per heavy atom. The summed E-state index contributed by atoms with van der Waals surface area (Å²) in [6, 6.07) is 56.2. The summed E-state index contributed by atoms with van der Waals surface area (Å²) in [5.41, 5.74) is 9.70. The predicted octanol–water partition coefficient (Wildman–Crippen LogP) is 13.0. The van der Waals surface area contributed by atoms with Crippen LogP contribution in [-0.2, 0) is 0 Å². The minimum absolute atomic E-state index is 0.152. The standard InChI is InChI=1S/C49H32IN3/c50-44-30-34(45-21-7-8-26-51-45)22-24-41(44)36-27-35(40-19-9-14-31-11-1-4-16-38(31)40)28-37(29-36)49-52-46-25-23-33-13-3-6-18-42(33)47(46)48(53-49)43-20-10-15-32-12-2-5-17-39(32)43/h1-30,41,44H. The number of halogens is 1. The van der Waals surface area contributed by atoms with Gasteiger partial charge in [0.25, 0.3) is 0 Å². The van der Waals surface area contributed by atoms with Crippen molar-refractivity contribution in [3.05, 3.63) is 193 Å². The van der Waals surface area contributed by atoms with Gasteiger partial charge < -0.3 is 0 Å². The van der Waals surface area contributed by atoms with Gasteiger partial charge in [0.1, 0.15) is 0 Å². The molecule has 1 aliphatic carbocycles. The molecule has 10 rings (SSSR count). The fourth-order valence-electron chi connectivity index (χ4n) is 7.91. The molecule has 2 aromatic heterocycles. The zero-order chi connectivity index (χ0) is 35.3. The maximum absolute atomic E-state index is 5.54. The van der Waals surface area contributed by atoms with E-state index in [1.54, 1.807) is 0 Å². The van der Waals surface area contributed by atoms with Crippen LogP contribution in [0.2, 0.25) is 0 Å². The van der Waals surface area contributed by atoms with E-state index in [-0.39, 0.29) is 9.84 Å². The van der Waals surface area contributed by atoms with Gasteiger partial charge in [0.05, 0.1) is 16.9 Å². The van der Waals surface area contributed by atoms with Crippen LogP contribution in [0.5, 0.6) is 0 Å². The number of hydrogen-bond donors (Lipinski definition) is 0. The van der Waals surface area contributed by atoms with Crippen LogP contribution in [0, 0.1) is 0 Å². The third-order valence-electron chi connectivity index (χ3n) is 10.5. The van der Waals surface area contributed by atoms with Crippen molar-refractivity contribution in [2.45, 2.75) is 9.84 Å². The number of nitrogens with zero attached hydrogens (tertiary/aromatic N) is 3. The van der Waals surface area contributed by atoms with E-state index < -0.39 is 0 Å².